The number of hydrogen-bond donors (Lipinski definition) is 1. The lowest BCUT2D eigenvalue weighted by Gasteiger charge is -2.59. The van der Waals surface area contributed by atoms with E-state index in [9.17, 15) is 0 Å². The summed E-state index contributed by atoms with van der Waals surface area (Å²) < 4.78 is 5.76. The highest BCUT2D eigenvalue weighted by Crippen LogP contribution is 2.51. The fourth-order valence-electron chi connectivity index (χ4n) is 3.84. The number of piperazine rings is 1. The van der Waals surface area contributed by atoms with E-state index in [1.54, 1.807) is 12.4 Å². The predicted octanol–water partition coefficient (Wildman–Crippen LogP) is 2.39. The molecular weight excluding hydrogens is 455 g/mol. The Bertz CT molecular complexity index is 632. The van der Waals surface area contributed by atoms with Crippen molar-refractivity contribution in [3.05, 3.63) is 18.5 Å². The third kappa shape index (κ3) is 4.31. The van der Waals surface area contributed by atoms with Crippen LogP contribution in [0.25, 0.3) is 0 Å². The van der Waals surface area contributed by atoms with Gasteiger partial charge in [0, 0.05) is 63.7 Å². The number of aliphatic imine (C=N–C) groups is 1. The van der Waals surface area contributed by atoms with Crippen molar-refractivity contribution in [3.63, 3.8) is 0 Å². The minimum atomic E-state index is -0.0780. The lowest BCUT2D eigenvalue weighted by molar-refractivity contribution is -0.177. The van der Waals surface area contributed by atoms with Crippen LogP contribution in [0.3, 0.4) is 0 Å². The molecule has 2 fully saturated rings. The van der Waals surface area contributed by atoms with Crippen molar-refractivity contribution in [2.24, 2.45) is 10.4 Å². The van der Waals surface area contributed by atoms with E-state index < -0.39 is 0 Å². The molecule has 1 saturated heterocycles. The monoisotopic (exact) mass is 488 g/mol. The molecule has 27 heavy (non-hydrogen) atoms. The maximum absolute atomic E-state index is 5.76. The topological polar surface area (TPSA) is 65.9 Å². The number of anilines is 1. The summed E-state index contributed by atoms with van der Waals surface area (Å²) in [6.45, 7) is 13.2. The van der Waals surface area contributed by atoms with Crippen LogP contribution in [0.2, 0.25) is 0 Å². The Morgan fingerprint density at radius 3 is 2.37 bits per heavy atom. The molecule has 1 aliphatic heterocycles. The van der Waals surface area contributed by atoms with Crippen LogP contribution >= 0.6 is 24.0 Å². The maximum atomic E-state index is 5.76. The van der Waals surface area contributed by atoms with Crippen molar-refractivity contribution < 1.29 is 4.74 Å². The standard InChI is InChI=1S/C19H32N6O.HI/c1-6-20-17(23-15-14-19(4,26-5)18(15,2)3)25-12-10-24(11-13-25)16-21-8-7-9-22-16;/h7-9,15H,6,10-14H2,1-5H3,(H,20,23);1H. The average molecular weight is 488 g/mol. The molecule has 2 aliphatic rings. The Morgan fingerprint density at radius 2 is 1.85 bits per heavy atom. The Hall–Kier alpha value is -1.16. The number of methoxy groups -OCH3 is 1. The number of nitrogens with zero attached hydrogens (tertiary/aromatic N) is 5. The van der Waals surface area contributed by atoms with Crippen molar-refractivity contribution in [3.8, 4) is 0 Å². The quantitative estimate of drug-likeness (QED) is 0.399. The molecule has 8 heteroatoms. The van der Waals surface area contributed by atoms with Crippen molar-refractivity contribution in [1.29, 1.82) is 0 Å². The van der Waals surface area contributed by atoms with E-state index in [-0.39, 0.29) is 35.0 Å². The number of ether oxygens (including phenoxy) is 1. The number of halogens is 1. The number of guanidine groups is 1. The van der Waals surface area contributed by atoms with Crippen LogP contribution in [0.1, 0.15) is 34.1 Å². The zero-order chi connectivity index (χ0) is 18.8. The van der Waals surface area contributed by atoms with Crippen LogP contribution in [-0.4, -0.2) is 72.3 Å². The lowest BCUT2D eigenvalue weighted by Crippen LogP contribution is -2.70. The summed E-state index contributed by atoms with van der Waals surface area (Å²) >= 11 is 0. The Kier molecular flexibility index (Phi) is 7.29. The Balaban J connectivity index is 0.00000261. The van der Waals surface area contributed by atoms with E-state index in [1.165, 1.54) is 0 Å². The van der Waals surface area contributed by atoms with Gasteiger partial charge in [-0.05, 0) is 26.3 Å². The summed E-state index contributed by atoms with van der Waals surface area (Å²) in [6, 6.07) is 2.22. The van der Waals surface area contributed by atoms with Gasteiger partial charge >= 0.3 is 0 Å². The fraction of sp³-hybridized carbons (Fsp3) is 0.737. The molecule has 1 aromatic heterocycles. The summed E-state index contributed by atoms with van der Waals surface area (Å²) in [7, 11) is 1.81. The highest BCUT2D eigenvalue weighted by molar-refractivity contribution is 14.0. The molecule has 0 bridgehead atoms. The van der Waals surface area contributed by atoms with Crippen molar-refractivity contribution in [2.45, 2.75) is 45.8 Å². The summed E-state index contributed by atoms with van der Waals surface area (Å²) in [5.41, 5.74) is -0.0126. The van der Waals surface area contributed by atoms with Crippen LogP contribution in [0.15, 0.2) is 23.5 Å². The molecule has 7 nitrogen and oxygen atoms in total. The molecule has 1 aromatic rings. The lowest BCUT2D eigenvalue weighted by atomic mass is 9.56. The van der Waals surface area contributed by atoms with Gasteiger partial charge in [-0.3, -0.25) is 4.99 Å². The van der Waals surface area contributed by atoms with Crippen LogP contribution in [-0.2, 0) is 4.74 Å². The fourth-order valence-corrected chi connectivity index (χ4v) is 3.84. The second-order valence-corrected chi connectivity index (χ2v) is 7.88. The molecule has 0 spiro atoms. The molecule has 152 valence electrons. The molecule has 0 radical (unpaired) electrons. The SMILES string of the molecule is CCN=C(NC1CC(C)(OC)C1(C)C)N1CCN(c2ncccn2)CC1.I. The highest BCUT2D eigenvalue weighted by atomic mass is 127. The third-order valence-corrected chi connectivity index (χ3v) is 6.30. The first-order chi connectivity index (χ1) is 12.4. The maximum Gasteiger partial charge on any atom is 0.225 e. The van der Waals surface area contributed by atoms with Gasteiger partial charge in [0.15, 0.2) is 5.96 Å². The van der Waals surface area contributed by atoms with Gasteiger partial charge in [0.05, 0.1) is 5.60 Å². The van der Waals surface area contributed by atoms with Crippen molar-refractivity contribution in [1.82, 2.24) is 20.2 Å². The van der Waals surface area contributed by atoms with E-state index in [0.29, 0.717) is 6.04 Å². The summed E-state index contributed by atoms with van der Waals surface area (Å²) in [5.74, 6) is 1.82. The Labute approximate surface area is 180 Å². The highest BCUT2D eigenvalue weighted by Gasteiger charge is 2.58. The third-order valence-electron chi connectivity index (χ3n) is 6.30. The van der Waals surface area contributed by atoms with Crippen LogP contribution in [0.5, 0.6) is 0 Å². The minimum Gasteiger partial charge on any atom is -0.378 e. The van der Waals surface area contributed by atoms with E-state index >= 15 is 0 Å². The van der Waals surface area contributed by atoms with Crippen molar-refractivity contribution in [2.75, 3.05) is 44.7 Å². The zero-order valence-corrected chi connectivity index (χ0v) is 19.4. The first kappa shape index (κ1) is 22.1. The number of hydrogen-bond acceptors (Lipinski definition) is 5. The molecule has 1 aliphatic carbocycles. The second kappa shape index (κ2) is 8.89. The molecule has 0 aromatic carbocycles. The van der Waals surface area contributed by atoms with E-state index in [1.807, 2.05) is 13.2 Å². The number of rotatable bonds is 4. The Morgan fingerprint density at radius 1 is 1.22 bits per heavy atom. The smallest absolute Gasteiger partial charge is 0.225 e. The van der Waals surface area contributed by atoms with Crippen molar-refractivity contribution >= 4 is 35.9 Å². The van der Waals surface area contributed by atoms with Gasteiger partial charge in [-0.15, -0.1) is 24.0 Å². The molecule has 2 heterocycles. The normalized spacial score (nSPS) is 27.6. The van der Waals surface area contributed by atoms with Crippen LogP contribution in [0, 0.1) is 5.41 Å². The number of aromatic nitrogens is 2. The molecule has 2 unspecified atom stereocenters. The van der Waals surface area contributed by atoms with Crippen LogP contribution in [0.4, 0.5) is 5.95 Å². The molecule has 1 saturated carbocycles. The van der Waals surface area contributed by atoms with Crippen LogP contribution < -0.4 is 10.2 Å². The second-order valence-electron chi connectivity index (χ2n) is 7.88. The van der Waals surface area contributed by atoms with Gasteiger partial charge in [0.1, 0.15) is 0 Å². The summed E-state index contributed by atoms with van der Waals surface area (Å²) in [5, 5.41) is 3.70. The van der Waals surface area contributed by atoms with E-state index in [2.05, 4.69) is 52.8 Å². The predicted molar refractivity (Wildman–Crippen MR) is 120 cm³/mol. The van der Waals surface area contributed by atoms with Gasteiger partial charge < -0.3 is 19.9 Å². The van der Waals surface area contributed by atoms with Gasteiger partial charge in [0.2, 0.25) is 5.95 Å². The van der Waals surface area contributed by atoms with Gasteiger partial charge in [-0.2, -0.15) is 0 Å². The molecule has 2 atom stereocenters. The number of nitrogens with one attached hydrogen (secondary N) is 1. The van der Waals surface area contributed by atoms with Gasteiger partial charge in [-0.25, -0.2) is 9.97 Å². The average Bonchev–Trinajstić information content (AvgIpc) is 2.67. The van der Waals surface area contributed by atoms with E-state index in [4.69, 9.17) is 9.73 Å². The van der Waals surface area contributed by atoms with Gasteiger partial charge in [0.25, 0.3) is 0 Å². The summed E-state index contributed by atoms with van der Waals surface area (Å²) in [4.78, 5) is 18.0. The molecular formula is C19H33IN6O. The van der Waals surface area contributed by atoms with E-state index in [0.717, 1.165) is 51.1 Å². The minimum absolute atomic E-state index is 0. The largest absolute Gasteiger partial charge is 0.378 e. The molecule has 1 N–H and O–H groups in total. The molecule has 3 rings (SSSR count). The van der Waals surface area contributed by atoms with Gasteiger partial charge in [-0.1, -0.05) is 13.8 Å². The summed E-state index contributed by atoms with van der Waals surface area (Å²) in [6.07, 6.45) is 4.59. The first-order valence-electron chi connectivity index (χ1n) is 9.54. The molecule has 0 amide bonds. The first-order valence-corrected chi connectivity index (χ1v) is 9.54. The zero-order valence-electron chi connectivity index (χ0n) is 17.1.